The molecule has 7 nitrogen and oxygen atoms in total. The van der Waals surface area contributed by atoms with E-state index in [1.165, 1.54) is 18.6 Å². The van der Waals surface area contributed by atoms with Crippen LogP contribution in [0.25, 0.3) is 11.1 Å². The second kappa shape index (κ2) is 10.4. The average molecular weight is 520 g/mol. The minimum Gasteiger partial charge on any atom is -0.310 e. The molecule has 3 aromatic heterocycles. The normalized spacial score (nSPS) is 11.7. The van der Waals surface area contributed by atoms with Crippen molar-refractivity contribution in [2.45, 2.75) is 32.2 Å². The molecule has 1 N–H and O–H groups in total. The number of rotatable bonds is 8. The second-order valence-corrected chi connectivity index (χ2v) is 8.14. The van der Waals surface area contributed by atoms with Crippen molar-refractivity contribution < 1.29 is 31.1 Å². The first-order chi connectivity index (χ1) is 17.5. The quantitative estimate of drug-likeness (QED) is 0.319. The lowest BCUT2D eigenvalue weighted by Gasteiger charge is -2.12. The Balaban J connectivity index is 1.45. The molecule has 0 saturated carbocycles. The summed E-state index contributed by atoms with van der Waals surface area (Å²) in [6, 6.07) is 3.83. The number of hydrogen-bond acceptors (Lipinski definition) is 5. The third-order valence-electron chi connectivity index (χ3n) is 5.25. The molecule has 1 amide bonds. The van der Waals surface area contributed by atoms with E-state index < -0.39 is 36.4 Å². The lowest BCUT2D eigenvalue weighted by molar-refractivity contribution is -0.115. The zero-order valence-corrected chi connectivity index (χ0v) is 19.1. The van der Waals surface area contributed by atoms with Crippen LogP contribution in [0.5, 0.6) is 0 Å². The highest BCUT2D eigenvalue weighted by atomic mass is 19.3. The summed E-state index contributed by atoms with van der Waals surface area (Å²) < 4.78 is 82.2. The van der Waals surface area contributed by atoms with E-state index in [0.29, 0.717) is 17.2 Å². The lowest BCUT2D eigenvalue weighted by atomic mass is 10.0. The molecule has 4 rings (SSSR count). The Morgan fingerprint density at radius 2 is 1.78 bits per heavy atom. The molecule has 0 fully saturated rings. The highest BCUT2D eigenvalue weighted by Gasteiger charge is 2.25. The van der Waals surface area contributed by atoms with E-state index in [-0.39, 0.29) is 40.3 Å². The minimum absolute atomic E-state index is 0.103. The van der Waals surface area contributed by atoms with Crippen LogP contribution in [0, 0.1) is 11.6 Å². The smallest absolute Gasteiger partial charge is 0.310 e. The van der Waals surface area contributed by atoms with Crippen molar-refractivity contribution in [3.8, 4) is 11.1 Å². The van der Waals surface area contributed by atoms with Crippen LogP contribution >= 0.6 is 0 Å². The fourth-order valence-corrected chi connectivity index (χ4v) is 3.42. The number of hydrogen-bond donors (Lipinski definition) is 1. The summed E-state index contributed by atoms with van der Waals surface area (Å²) in [6.45, 7) is -2.08. The van der Waals surface area contributed by atoms with Gasteiger partial charge in [-0.3, -0.25) is 4.79 Å². The number of carbonyl (C=O) groups excluding carboxylic acids is 1. The molecule has 3 heterocycles. The van der Waals surface area contributed by atoms with Crippen LogP contribution in [0.2, 0.25) is 0 Å². The van der Waals surface area contributed by atoms with E-state index in [1.54, 1.807) is 0 Å². The van der Waals surface area contributed by atoms with Crippen LogP contribution in [0.1, 0.15) is 36.0 Å². The molecule has 0 aliphatic carbocycles. The molecule has 13 heteroatoms. The van der Waals surface area contributed by atoms with Crippen molar-refractivity contribution in [2.24, 2.45) is 0 Å². The first kappa shape index (κ1) is 25.8. The highest BCUT2D eigenvalue weighted by Crippen LogP contribution is 2.28. The molecule has 1 aromatic carbocycles. The van der Waals surface area contributed by atoms with Crippen LogP contribution in [0.3, 0.4) is 0 Å². The molecule has 192 valence electrons. The Bertz CT molecular complexity index is 1420. The topological polar surface area (TPSA) is 85.6 Å². The van der Waals surface area contributed by atoms with Gasteiger partial charge in [0.05, 0.1) is 12.6 Å². The molecule has 0 bridgehead atoms. The molecule has 0 spiro atoms. The Kier molecular flexibility index (Phi) is 7.23. The second-order valence-electron chi connectivity index (χ2n) is 8.14. The number of benzene rings is 1. The maximum atomic E-state index is 14.8. The number of aromatic nitrogens is 5. The van der Waals surface area contributed by atoms with Crippen molar-refractivity contribution in [2.75, 3.05) is 5.32 Å². The van der Waals surface area contributed by atoms with E-state index >= 15 is 0 Å². The fourth-order valence-electron chi connectivity index (χ4n) is 3.42. The van der Waals surface area contributed by atoms with Gasteiger partial charge in [-0.05, 0) is 29.8 Å². The van der Waals surface area contributed by atoms with Crippen molar-refractivity contribution in [1.29, 1.82) is 0 Å². The fraction of sp³-hybridized carbons (Fsp3) is 0.208. The van der Waals surface area contributed by atoms with Crippen LogP contribution in [0.4, 0.5) is 32.2 Å². The Morgan fingerprint density at radius 1 is 1.05 bits per heavy atom. The van der Waals surface area contributed by atoms with Crippen molar-refractivity contribution in [3.05, 3.63) is 89.4 Å². The summed E-state index contributed by atoms with van der Waals surface area (Å²) in [5, 5.41) is 5.81. The van der Waals surface area contributed by atoms with Crippen molar-refractivity contribution in [1.82, 2.24) is 24.7 Å². The van der Waals surface area contributed by atoms with Gasteiger partial charge in [-0.15, -0.1) is 0 Å². The average Bonchev–Trinajstić information content (AvgIpc) is 3.30. The summed E-state index contributed by atoms with van der Waals surface area (Å²) in [5.41, 5.74) is -0.183. The number of halogens is 6. The maximum absolute atomic E-state index is 14.8. The summed E-state index contributed by atoms with van der Waals surface area (Å²) in [6.07, 6.45) is 5.54. The van der Waals surface area contributed by atoms with Crippen LogP contribution in [-0.4, -0.2) is 30.6 Å². The standard InChI is InChI=1S/C24H18F6N6O/c1-24(29,30)16-2-3-31-21(7-16)35-22(37)6-14-5-19(26)17(8-18(14)25)15-10-32-20(33-11-15)4-13-9-34-36(12-13)23(27)28/h2-3,5,7-12,23H,4,6H2,1H3,(H,31,35,37). The van der Waals surface area contributed by atoms with E-state index in [9.17, 15) is 31.1 Å². The van der Waals surface area contributed by atoms with Crippen LogP contribution in [0.15, 0.2) is 55.2 Å². The summed E-state index contributed by atoms with van der Waals surface area (Å²) in [7, 11) is 0. The molecule has 0 saturated heterocycles. The Labute approximate surface area is 206 Å². The molecular formula is C24H18F6N6O. The Morgan fingerprint density at radius 3 is 2.43 bits per heavy atom. The molecule has 0 unspecified atom stereocenters. The molecule has 0 radical (unpaired) electrons. The van der Waals surface area contributed by atoms with Gasteiger partial charge in [-0.2, -0.15) is 13.9 Å². The zero-order chi connectivity index (χ0) is 26.7. The molecule has 4 aromatic rings. The van der Waals surface area contributed by atoms with E-state index in [4.69, 9.17) is 0 Å². The van der Waals surface area contributed by atoms with Gasteiger partial charge in [0.2, 0.25) is 5.91 Å². The summed E-state index contributed by atoms with van der Waals surface area (Å²) in [4.78, 5) is 24.2. The van der Waals surface area contributed by atoms with E-state index in [0.717, 1.165) is 36.7 Å². The van der Waals surface area contributed by atoms with Crippen LogP contribution in [-0.2, 0) is 23.6 Å². The predicted molar refractivity (Wildman–Crippen MR) is 120 cm³/mol. The maximum Gasteiger partial charge on any atom is 0.333 e. The Hall–Kier alpha value is -4.29. The number of nitrogens with zero attached hydrogens (tertiary/aromatic N) is 5. The zero-order valence-electron chi connectivity index (χ0n) is 19.1. The predicted octanol–water partition coefficient (Wildman–Crippen LogP) is 5.29. The summed E-state index contributed by atoms with van der Waals surface area (Å²) >= 11 is 0. The van der Waals surface area contributed by atoms with Crippen molar-refractivity contribution >= 4 is 11.7 Å². The molecule has 37 heavy (non-hydrogen) atoms. The largest absolute Gasteiger partial charge is 0.333 e. The number of carbonyl (C=O) groups is 1. The van der Waals surface area contributed by atoms with Gasteiger partial charge in [-0.1, -0.05) is 0 Å². The van der Waals surface area contributed by atoms with Gasteiger partial charge in [0.1, 0.15) is 23.3 Å². The SMILES string of the molecule is CC(F)(F)c1ccnc(NC(=O)Cc2cc(F)c(-c3cnc(Cc4cnn(C(F)F)c4)nc3)cc2F)c1. The lowest BCUT2D eigenvalue weighted by Crippen LogP contribution is -2.17. The van der Waals surface area contributed by atoms with Gasteiger partial charge in [0, 0.05) is 60.4 Å². The van der Waals surface area contributed by atoms with Gasteiger partial charge in [-0.25, -0.2) is 37.2 Å². The number of nitrogens with one attached hydrogen (secondary N) is 1. The van der Waals surface area contributed by atoms with Gasteiger partial charge >= 0.3 is 6.55 Å². The van der Waals surface area contributed by atoms with Gasteiger partial charge in [0.15, 0.2) is 0 Å². The molecular weight excluding hydrogens is 502 g/mol. The number of amides is 1. The highest BCUT2D eigenvalue weighted by molar-refractivity contribution is 5.91. The number of anilines is 1. The van der Waals surface area contributed by atoms with E-state index in [1.807, 2.05) is 0 Å². The molecule has 0 aliphatic rings. The first-order valence-corrected chi connectivity index (χ1v) is 10.7. The van der Waals surface area contributed by atoms with E-state index in [2.05, 4.69) is 25.4 Å². The summed E-state index contributed by atoms with van der Waals surface area (Å²) in [5.74, 6) is -5.54. The van der Waals surface area contributed by atoms with Crippen molar-refractivity contribution in [3.63, 3.8) is 0 Å². The third kappa shape index (κ3) is 6.29. The molecule has 0 aliphatic heterocycles. The molecule has 0 atom stereocenters. The first-order valence-electron chi connectivity index (χ1n) is 10.7. The van der Waals surface area contributed by atoms with Crippen LogP contribution < -0.4 is 5.32 Å². The minimum atomic E-state index is -3.15. The number of alkyl halides is 4. The monoisotopic (exact) mass is 520 g/mol. The third-order valence-corrected chi connectivity index (χ3v) is 5.25. The van der Waals surface area contributed by atoms with Gasteiger partial charge < -0.3 is 5.32 Å². The number of pyridine rings is 1. The van der Waals surface area contributed by atoms with Gasteiger partial charge in [0.25, 0.3) is 5.92 Å².